The van der Waals surface area contributed by atoms with Crippen molar-refractivity contribution in [2.24, 2.45) is 5.41 Å². The summed E-state index contributed by atoms with van der Waals surface area (Å²) in [6.45, 7) is 6.51. The fourth-order valence-electron chi connectivity index (χ4n) is 3.61. The number of amides is 2. The fourth-order valence-corrected chi connectivity index (χ4v) is 3.61. The summed E-state index contributed by atoms with van der Waals surface area (Å²) in [6.07, 6.45) is 5.04. The van der Waals surface area contributed by atoms with Crippen LogP contribution in [0.4, 0.5) is 20.8 Å². The second kappa shape index (κ2) is 8.09. The molecule has 1 aliphatic rings. The number of nitrogens with zero attached hydrogens (tertiary/aromatic N) is 3. The first-order valence-corrected chi connectivity index (χ1v) is 10.5. The van der Waals surface area contributed by atoms with Crippen LogP contribution in [0.1, 0.15) is 37.4 Å². The van der Waals surface area contributed by atoms with Crippen LogP contribution in [0, 0.1) is 25.1 Å². The third-order valence-corrected chi connectivity index (χ3v) is 5.95. The summed E-state index contributed by atoms with van der Waals surface area (Å²) in [4.78, 5) is 25.5. The van der Waals surface area contributed by atoms with Crippen molar-refractivity contribution >= 4 is 28.7 Å². The van der Waals surface area contributed by atoms with Crippen molar-refractivity contribution < 1.29 is 9.18 Å². The molecule has 0 saturated heterocycles. The molecule has 1 fully saturated rings. The lowest BCUT2D eigenvalue weighted by atomic mass is 9.97. The van der Waals surface area contributed by atoms with E-state index in [9.17, 15) is 9.18 Å². The lowest BCUT2D eigenvalue weighted by Crippen LogP contribution is -2.30. The van der Waals surface area contributed by atoms with Crippen molar-refractivity contribution in [1.29, 1.82) is 0 Å². The molecular formula is C23H27FN6O. The van der Waals surface area contributed by atoms with Crippen LogP contribution in [-0.2, 0) is 0 Å². The number of pyridine rings is 1. The number of hydrogen-bond donors (Lipinski definition) is 3. The lowest BCUT2D eigenvalue weighted by molar-refractivity contribution is 0.251. The molecule has 1 aliphatic carbocycles. The van der Waals surface area contributed by atoms with Crippen molar-refractivity contribution in [3.63, 3.8) is 0 Å². The quantitative estimate of drug-likeness (QED) is 0.531. The second-order valence-electron chi connectivity index (χ2n) is 8.57. The molecule has 0 radical (unpaired) electrons. The Labute approximate surface area is 180 Å². The van der Waals surface area contributed by atoms with Crippen LogP contribution in [0.15, 0.2) is 24.4 Å². The Kier molecular flexibility index (Phi) is 5.47. The van der Waals surface area contributed by atoms with E-state index < -0.39 is 11.8 Å². The highest BCUT2D eigenvalue weighted by Gasteiger charge is 2.36. The van der Waals surface area contributed by atoms with Gasteiger partial charge in [0.05, 0.1) is 5.69 Å². The number of aromatic nitrogens is 3. The van der Waals surface area contributed by atoms with Gasteiger partial charge in [0, 0.05) is 36.4 Å². The van der Waals surface area contributed by atoms with E-state index in [-0.39, 0.29) is 5.69 Å². The van der Waals surface area contributed by atoms with Crippen LogP contribution in [-0.4, -0.2) is 34.6 Å². The van der Waals surface area contributed by atoms with E-state index in [1.165, 1.54) is 18.9 Å². The zero-order chi connectivity index (χ0) is 22.2. The van der Waals surface area contributed by atoms with Crippen LogP contribution in [0.25, 0.3) is 22.2 Å². The molecule has 162 valence electrons. The lowest BCUT2D eigenvalue weighted by Gasteiger charge is -2.15. The molecular weight excluding hydrogens is 395 g/mol. The Hall–Kier alpha value is -3.29. The zero-order valence-electron chi connectivity index (χ0n) is 18.3. The van der Waals surface area contributed by atoms with Gasteiger partial charge >= 0.3 is 6.03 Å². The summed E-state index contributed by atoms with van der Waals surface area (Å²) in [6, 6.07) is 4.63. The summed E-state index contributed by atoms with van der Waals surface area (Å²) in [7, 11) is 1.75. The first-order chi connectivity index (χ1) is 14.8. The van der Waals surface area contributed by atoms with Gasteiger partial charge in [-0.05, 0) is 67.9 Å². The van der Waals surface area contributed by atoms with Crippen LogP contribution < -0.4 is 16.0 Å². The van der Waals surface area contributed by atoms with Gasteiger partial charge in [0.25, 0.3) is 0 Å². The highest BCUT2D eigenvalue weighted by Crippen LogP contribution is 2.47. The number of aryl methyl sites for hydroxylation is 2. The van der Waals surface area contributed by atoms with Crippen molar-refractivity contribution in [3.05, 3.63) is 41.5 Å². The van der Waals surface area contributed by atoms with E-state index in [2.05, 4.69) is 37.8 Å². The minimum absolute atomic E-state index is 0.136. The van der Waals surface area contributed by atoms with E-state index in [4.69, 9.17) is 0 Å². The first kappa shape index (κ1) is 21.0. The third kappa shape index (κ3) is 4.57. The topological polar surface area (TPSA) is 91.8 Å². The second-order valence-corrected chi connectivity index (χ2v) is 8.57. The Morgan fingerprint density at radius 3 is 2.65 bits per heavy atom. The molecule has 2 amide bonds. The first-order valence-electron chi connectivity index (χ1n) is 10.5. The van der Waals surface area contributed by atoms with E-state index in [1.54, 1.807) is 19.3 Å². The molecule has 2 aromatic heterocycles. The minimum atomic E-state index is -0.473. The molecule has 0 unspecified atom stereocenters. The van der Waals surface area contributed by atoms with Crippen molar-refractivity contribution in [3.8, 4) is 11.1 Å². The number of benzene rings is 1. The predicted molar refractivity (Wildman–Crippen MR) is 121 cm³/mol. The van der Waals surface area contributed by atoms with Crippen LogP contribution in [0.3, 0.4) is 0 Å². The zero-order valence-corrected chi connectivity index (χ0v) is 18.3. The maximum absolute atomic E-state index is 14.6. The molecule has 0 atom stereocenters. The van der Waals surface area contributed by atoms with Gasteiger partial charge in [0.15, 0.2) is 5.65 Å². The number of halogens is 1. The number of urea groups is 1. The maximum Gasteiger partial charge on any atom is 0.319 e. The summed E-state index contributed by atoms with van der Waals surface area (Å²) in [5.41, 5.74) is 4.23. The standard InChI is InChI=1S/C23H27FN6O/c1-13-9-18(24)19(29-22(31)26-8-7-23(3)5-6-23)11-16(13)17-10-15-12-27-21(25-4)30-20(15)28-14(17)2/h9-12H,5-8H2,1-4H3,(H2,26,29,31)(H,25,27,28,30). The van der Waals surface area contributed by atoms with Gasteiger partial charge in [-0.2, -0.15) is 4.98 Å². The number of hydrogen-bond acceptors (Lipinski definition) is 5. The Morgan fingerprint density at radius 1 is 1.16 bits per heavy atom. The molecule has 31 heavy (non-hydrogen) atoms. The SMILES string of the molecule is CNc1ncc2cc(-c3cc(NC(=O)NCCC4(C)CC4)c(F)cc3C)c(C)nc2n1. The highest BCUT2D eigenvalue weighted by molar-refractivity contribution is 5.91. The van der Waals surface area contributed by atoms with E-state index in [0.717, 1.165) is 34.2 Å². The van der Waals surface area contributed by atoms with Crippen LogP contribution in [0.2, 0.25) is 0 Å². The molecule has 0 aliphatic heterocycles. The average Bonchev–Trinajstić information content (AvgIpc) is 3.46. The van der Waals surface area contributed by atoms with E-state index in [0.29, 0.717) is 23.6 Å². The molecule has 3 aromatic rings. The van der Waals surface area contributed by atoms with E-state index in [1.807, 2.05) is 19.9 Å². The molecule has 3 N–H and O–H groups in total. The number of nitrogens with one attached hydrogen (secondary N) is 3. The molecule has 8 heteroatoms. The van der Waals surface area contributed by atoms with Gasteiger partial charge in [0.1, 0.15) is 5.82 Å². The minimum Gasteiger partial charge on any atom is -0.357 e. The van der Waals surface area contributed by atoms with Gasteiger partial charge in [0.2, 0.25) is 5.95 Å². The molecule has 7 nitrogen and oxygen atoms in total. The van der Waals surface area contributed by atoms with Crippen molar-refractivity contribution in [2.75, 3.05) is 24.2 Å². The maximum atomic E-state index is 14.6. The average molecular weight is 423 g/mol. The molecule has 0 spiro atoms. The fraction of sp³-hybridized carbons (Fsp3) is 0.391. The summed E-state index contributed by atoms with van der Waals surface area (Å²) in [5.74, 6) is 0.0252. The van der Waals surface area contributed by atoms with Crippen LogP contribution >= 0.6 is 0 Å². The number of fused-ring (bicyclic) bond motifs is 1. The third-order valence-electron chi connectivity index (χ3n) is 5.95. The molecule has 2 heterocycles. The largest absolute Gasteiger partial charge is 0.357 e. The normalized spacial score (nSPS) is 14.4. The van der Waals surface area contributed by atoms with Gasteiger partial charge in [-0.25, -0.2) is 19.2 Å². The summed E-state index contributed by atoms with van der Waals surface area (Å²) in [5, 5.41) is 9.15. The van der Waals surface area contributed by atoms with Gasteiger partial charge in [-0.1, -0.05) is 6.92 Å². The van der Waals surface area contributed by atoms with Gasteiger partial charge < -0.3 is 16.0 Å². The summed E-state index contributed by atoms with van der Waals surface area (Å²) >= 11 is 0. The Bertz CT molecular complexity index is 1160. The molecule has 1 saturated carbocycles. The van der Waals surface area contributed by atoms with E-state index >= 15 is 0 Å². The van der Waals surface area contributed by atoms with Gasteiger partial charge in [-0.3, -0.25) is 0 Å². The number of anilines is 2. The number of carbonyl (C=O) groups is 1. The Balaban J connectivity index is 1.59. The molecule has 0 bridgehead atoms. The smallest absolute Gasteiger partial charge is 0.319 e. The summed E-state index contributed by atoms with van der Waals surface area (Å²) < 4.78 is 14.6. The number of carbonyl (C=O) groups excluding carboxylic acids is 1. The predicted octanol–water partition coefficient (Wildman–Crippen LogP) is 4.80. The number of rotatable bonds is 6. The monoisotopic (exact) mass is 422 g/mol. The van der Waals surface area contributed by atoms with Crippen molar-refractivity contribution in [2.45, 2.75) is 40.0 Å². The molecule has 4 rings (SSSR count). The van der Waals surface area contributed by atoms with Crippen molar-refractivity contribution in [1.82, 2.24) is 20.3 Å². The Morgan fingerprint density at radius 2 is 1.94 bits per heavy atom. The van der Waals surface area contributed by atoms with Crippen LogP contribution in [0.5, 0.6) is 0 Å². The molecule has 1 aromatic carbocycles. The highest BCUT2D eigenvalue weighted by atomic mass is 19.1. The van der Waals surface area contributed by atoms with Gasteiger partial charge in [-0.15, -0.1) is 0 Å².